The Morgan fingerprint density at radius 1 is 1.25 bits per heavy atom. The van der Waals surface area contributed by atoms with Gasteiger partial charge >= 0.3 is 0 Å². The van der Waals surface area contributed by atoms with E-state index in [2.05, 4.69) is 20.8 Å². The molecule has 1 rings (SSSR count). The van der Waals surface area contributed by atoms with E-state index >= 15 is 0 Å². The fourth-order valence-corrected chi connectivity index (χ4v) is 2.24. The van der Waals surface area contributed by atoms with Crippen molar-refractivity contribution in [2.24, 2.45) is 5.92 Å². The van der Waals surface area contributed by atoms with Crippen molar-refractivity contribution in [1.29, 1.82) is 0 Å². The summed E-state index contributed by atoms with van der Waals surface area (Å²) < 4.78 is 11.2. The van der Waals surface area contributed by atoms with Gasteiger partial charge in [-0.15, -0.1) is 0 Å². The van der Waals surface area contributed by atoms with E-state index in [-0.39, 0.29) is 11.9 Å². The third-order valence-corrected chi connectivity index (χ3v) is 3.29. The highest BCUT2D eigenvalue weighted by atomic mass is 16.5. The number of phenols is 1. The predicted octanol–water partition coefficient (Wildman–Crippen LogP) is 4.17. The first kappa shape index (κ1) is 16.8. The average molecular weight is 280 g/mol. The molecular formula is C17H28O3. The van der Waals surface area contributed by atoms with Crippen LogP contribution in [0.3, 0.4) is 0 Å². The van der Waals surface area contributed by atoms with E-state index < -0.39 is 0 Å². The fourth-order valence-electron chi connectivity index (χ4n) is 2.24. The Morgan fingerprint density at radius 3 is 2.60 bits per heavy atom. The molecule has 1 aromatic rings. The van der Waals surface area contributed by atoms with Crippen molar-refractivity contribution >= 4 is 0 Å². The van der Waals surface area contributed by atoms with E-state index in [1.807, 2.05) is 12.1 Å². The molecule has 1 N–H and O–H groups in total. The normalized spacial score (nSPS) is 12.7. The van der Waals surface area contributed by atoms with E-state index in [0.29, 0.717) is 11.7 Å². The number of benzene rings is 1. The van der Waals surface area contributed by atoms with Crippen LogP contribution in [-0.4, -0.2) is 24.9 Å². The minimum absolute atomic E-state index is 0.184. The molecule has 20 heavy (non-hydrogen) atoms. The van der Waals surface area contributed by atoms with Crippen LogP contribution < -0.4 is 4.74 Å². The molecular weight excluding hydrogens is 252 g/mol. The summed E-state index contributed by atoms with van der Waals surface area (Å²) in [5.74, 6) is 1.32. The lowest BCUT2D eigenvalue weighted by atomic mass is 9.99. The van der Waals surface area contributed by atoms with E-state index in [1.165, 1.54) is 0 Å². The Labute approximate surface area is 122 Å². The van der Waals surface area contributed by atoms with E-state index in [9.17, 15) is 5.11 Å². The molecule has 1 unspecified atom stereocenters. The molecule has 0 saturated carbocycles. The van der Waals surface area contributed by atoms with Crippen LogP contribution in [0.15, 0.2) is 18.2 Å². The van der Waals surface area contributed by atoms with Crippen LogP contribution in [0.2, 0.25) is 0 Å². The molecule has 0 spiro atoms. The van der Waals surface area contributed by atoms with E-state index in [1.54, 1.807) is 13.2 Å². The van der Waals surface area contributed by atoms with Gasteiger partial charge in [0.2, 0.25) is 0 Å². The van der Waals surface area contributed by atoms with Crippen molar-refractivity contribution in [1.82, 2.24) is 0 Å². The summed E-state index contributed by atoms with van der Waals surface area (Å²) in [6.07, 6.45) is 4.40. The molecule has 0 radical (unpaired) electrons. The van der Waals surface area contributed by atoms with Crippen molar-refractivity contribution in [2.75, 3.05) is 13.7 Å². The molecule has 0 aliphatic carbocycles. The number of hydrogen-bond acceptors (Lipinski definition) is 3. The van der Waals surface area contributed by atoms with Crippen LogP contribution in [0.1, 0.15) is 45.6 Å². The van der Waals surface area contributed by atoms with Gasteiger partial charge in [0.05, 0.1) is 13.2 Å². The van der Waals surface area contributed by atoms with Crippen LogP contribution >= 0.6 is 0 Å². The molecule has 0 saturated heterocycles. The average Bonchev–Trinajstić information content (AvgIpc) is 2.40. The number of ether oxygens (including phenoxy) is 2. The first-order chi connectivity index (χ1) is 9.56. The van der Waals surface area contributed by atoms with E-state index in [0.717, 1.165) is 37.9 Å². The molecule has 0 aliphatic heterocycles. The standard InChI is InChI=1S/C17H28O3/c1-5-6-9-20-15(10-13(2)3)11-14-7-8-16(18)17(12-14)19-4/h7-8,12-13,15,18H,5-6,9-11H2,1-4H3. The van der Waals surface area contributed by atoms with Gasteiger partial charge in [0.15, 0.2) is 11.5 Å². The maximum absolute atomic E-state index is 9.63. The summed E-state index contributed by atoms with van der Waals surface area (Å²) in [5.41, 5.74) is 1.14. The molecule has 0 fully saturated rings. The van der Waals surface area contributed by atoms with Crippen molar-refractivity contribution in [3.8, 4) is 11.5 Å². The van der Waals surface area contributed by atoms with Crippen LogP contribution in [0.25, 0.3) is 0 Å². The van der Waals surface area contributed by atoms with Gasteiger partial charge in [0.1, 0.15) is 0 Å². The lowest BCUT2D eigenvalue weighted by Gasteiger charge is -2.20. The van der Waals surface area contributed by atoms with Gasteiger partial charge in [-0.2, -0.15) is 0 Å². The van der Waals surface area contributed by atoms with Gasteiger partial charge in [-0.1, -0.05) is 33.3 Å². The quantitative estimate of drug-likeness (QED) is 0.690. The zero-order valence-corrected chi connectivity index (χ0v) is 13.2. The molecule has 0 aliphatic rings. The molecule has 1 aromatic carbocycles. The van der Waals surface area contributed by atoms with Gasteiger partial charge in [0, 0.05) is 6.61 Å². The highest BCUT2D eigenvalue weighted by Gasteiger charge is 2.13. The Kier molecular flexibility index (Phi) is 7.45. The van der Waals surface area contributed by atoms with Gasteiger partial charge in [-0.3, -0.25) is 0 Å². The van der Waals surface area contributed by atoms with Crippen LogP contribution in [-0.2, 0) is 11.2 Å². The summed E-state index contributed by atoms with van der Waals surface area (Å²) >= 11 is 0. The molecule has 0 heterocycles. The van der Waals surface area contributed by atoms with Crippen LogP contribution in [0.4, 0.5) is 0 Å². The Balaban J connectivity index is 2.67. The van der Waals surface area contributed by atoms with Crippen molar-refractivity contribution in [3.63, 3.8) is 0 Å². The maximum Gasteiger partial charge on any atom is 0.160 e. The third-order valence-electron chi connectivity index (χ3n) is 3.29. The second-order valence-electron chi connectivity index (χ2n) is 5.69. The second kappa shape index (κ2) is 8.85. The number of hydrogen-bond donors (Lipinski definition) is 1. The molecule has 1 atom stereocenters. The summed E-state index contributed by atoms with van der Waals surface area (Å²) in [7, 11) is 1.57. The lowest BCUT2D eigenvalue weighted by Crippen LogP contribution is -2.19. The molecule has 0 amide bonds. The first-order valence-electron chi connectivity index (χ1n) is 7.54. The molecule has 0 aromatic heterocycles. The molecule has 0 bridgehead atoms. The van der Waals surface area contributed by atoms with Crippen molar-refractivity contribution in [3.05, 3.63) is 23.8 Å². The number of unbranched alkanes of at least 4 members (excludes halogenated alkanes) is 1. The Hall–Kier alpha value is -1.22. The largest absolute Gasteiger partial charge is 0.504 e. The highest BCUT2D eigenvalue weighted by Crippen LogP contribution is 2.27. The number of aromatic hydroxyl groups is 1. The summed E-state index contributed by atoms with van der Waals surface area (Å²) in [6.45, 7) is 7.43. The van der Waals surface area contributed by atoms with E-state index in [4.69, 9.17) is 9.47 Å². The lowest BCUT2D eigenvalue weighted by molar-refractivity contribution is 0.0378. The molecule has 3 heteroatoms. The summed E-state index contributed by atoms with van der Waals surface area (Å²) in [4.78, 5) is 0. The van der Waals surface area contributed by atoms with Gasteiger partial charge in [0.25, 0.3) is 0 Å². The minimum atomic E-state index is 0.184. The SMILES string of the molecule is CCCCOC(Cc1ccc(O)c(OC)c1)CC(C)C. The van der Waals surface area contributed by atoms with Gasteiger partial charge < -0.3 is 14.6 Å². The van der Waals surface area contributed by atoms with Gasteiger partial charge in [-0.25, -0.2) is 0 Å². The Morgan fingerprint density at radius 2 is 2.00 bits per heavy atom. The number of rotatable bonds is 9. The third kappa shape index (κ3) is 5.83. The topological polar surface area (TPSA) is 38.7 Å². The zero-order chi connectivity index (χ0) is 15.0. The smallest absolute Gasteiger partial charge is 0.160 e. The number of phenolic OH excluding ortho intramolecular Hbond substituents is 1. The summed E-state index contributed by atoms with van der Waals surface area (Å²) in [6, 6.07) is 5.52. The molecule has 3 nitrogen and oxygen atoms in total. The predicted molar refractivity (Wildman–Crippen MR) is 82.5 cm³/mol. The second-order valence-corrected chi connectivity index (χ2v) is 5.69. The zero-order valence-electron chi connectivity index (χ0n) is 13.2. The monoisotopic (exact) mass is 280 g/mol. The number of methoxy groups -OCH3 is 1. The Bertz CT molecular complexity index is 388. The van der Waals surface area contributed by atoms with Crippen LogP contribution in [0.5, 0.6) is 11.5 Å². The van der Waals surface area contributed by atoms with Crippen LogP contribution in [0, 0.1) is 5.92 Å². The first-order valence-corrected chi connectivity index (χ1v) is 7.54. The van der Waals surface area contributed by atoms with Gasteiger partial charge in [-0.05, 0) is 42.9 Å². The molecule has 114 valence electrons. The highest BCUT2D eigenvalue weighted by molar-refractivity contribution is 5.41. The maximum atomic E-state index is 9.63. The minimum Gasteiger partial charge on any atom is -0.504 e. The van der Waals surface area contributed by atoms with Crippen molar-refractivity contribution < 1.29 is 14.6 Å². The van der Waals surface area contributed by atoms with Crippen molar-refractivity contribution in [2.45, 2.75) is 52.6 Å². The fraction of sp³-hybridized carbons (Fsp3) is 0.647. The summed E-state index contributed by atoms with van der Waals surface area (Å²) in [5, 5.41) is 9.63.